The quantitative estimate of drug-likeness (QED) is 0.157. The fraction of sp³-hybridized carbons (Fsp3) is 0.409. The molecule has 4 atom stereocenters. The first-order chi connectivity index (χ1) is 29.9. The smallest absolute Gasteiger partial charge is 0.415 e. The molecule has 0 bridgehead atoms. The molecular formula is C44H52N8O11S. The van der Waals surface area contributed by atoms with Crippen LogP contribution in [0.25, 0.3) is 22.3 Å². The van der Waals surface area contributed by atoms with Crippen molar-refractivity contribution in [3.05, 3.63) is 84.4 Å². The molecule has 2 aromatic carbocycles. The van der Waals surface area contributed by atoms with E-state index in [9.17, 15) is 27.6 Å². The predicted octanol–water partition coefficient (Wildman–Crippen LogP) is 3.98. The van der Waals surface area contributed by atoms with Crippen LogP contribution in [0.4, 0.5) is 21.0 Å². The minimum absolute atomic E-state index is 0. The Morgan fingerprint density at radius 2 is 1.06 bits per heavy atom. The summed E-state index contributed by atoms with van der Waals surface area (Å²) >= 11 is 0. The highest BCUT2D eigenvalue weighted by molar-refractivity contribution is 7.85. The monoisotopic (exact) mass is 900 g/mol. The van der Waals surface area contributed by atoms with Crippen molar-refractivity contribution in [3.8, 4) is 33.8 Å². The number of carbonyl (C=O) groups is 4. The van der Waals surface area contributed by atoms with E-state index in [1.54, 1.807) is 9.80 Å². The van der Waals surface area contributed by atoms with Crippen molar-refractivity contribution in [2.75, 3.05) is 42.4 Å². The summed E-state index contributed by atoms with van der Waals surface area (Å²) in [4.78, 5) is 59.5. The van der Waals surface area contributed by atoms with E-state index in [1.165, 1.54) is 13.8 Å². The van der Waals surface area contributed by atoms with Crippen LogP contribution < -0.4 is 41.4 Å². The van der Waals surface area contributed by atoms with Gasteiger partial charge in [0.05, 0.1) is 53.2 Å². The van der Waals surface area contributed by atoms with E-state index >= 15 is 0 Å². The zero-order valence-electron chi connectivity index (χ0n) is 34.8. The molecule has 10 rings (SSSR count). The number of rotatable bonds is 8. The second kappa shape index (κ2) is 17.7. The summed E-state index contributed by atoms with van der Waals surface area (Å²) in [5.41, 5.74) is 18.9. The summed E-state index contributed by atoms with van der Waals surface area (Å²) in [6.07, 6.45) is 6.52. The number of carbonyl (C=O) groups excluding carboxylic acids is 4. The predicted molar refractivity (Wildman–Crippen MR) is 235 cm³/mol. The van der Waals surface area contributed by atoms with Crippen LogP contribution in [0.2, 0.25) is 0 Å². The SMILES string of the molecule is C.CC(=O)NC[C@@H]1OC(=O)N2c3ccc(-c4ccc(C5(N)CC5)nc4)cc3OC[C@@H]12.CC(=O)NC[C@@H]1OC(=O)N2c3ccc(-c4ccc(C5(N)CC5)nc4)cc3OC[C@@H]12.CS(=O)(=O)O. The molecule has 6 aliphatic rings. The van der Waals surface area contributed by atoms with Crippen molar-refractivity contribution >= 4 is 45.5 Å². The summed E-state index contributed by atoms with van der Waals surface area (Å²) in [5, 5.41) is 5.40. The number of benzene rings is 2. The van der Waals surface area contributed by atoms with Crippen LogP contribution in [0.3, 0.4) is 0 Å². The molecule has 64 heavy (non-hydrogen) atoms. The number of amides is 4. The van der Waals surface area contributed by atoms with Gasteiger partial charge in [-0.05, 0) is 73.2 Å². The van der Waals surface area contributed by atoms with Crippen LogP contribution in [0.15, 0.2) is 73.1 Å². The number of nitrogens with one attached hydrogen (secondary N) is 2. The normalized spacial score (nSPS) is 22.2. The van der Waals surface area contributed by atoms with Gasteiger partial charge < -0.3 is 41.0 Å². The molecule has 6 heterocycles. The van der Waals surface area contributed by atoms with Crippen LogP contribution in [-0.4, -0.2) is 104 Å². The largest absolute Gasteiger partial charge is 0.489 e. The van der Waals surface area contributed by atoms with Gasteiger partial charge in [0, 0.05) is 37.4 Å². The summed E-state index contributed by atoms with van der Waals surface area (Å²) < 4.78 is 48.7. The van der Waals surface area contributed by atoms with Gasteiger partial charge in [-0.2, -0.15) is 8.42 Å². The van der Waals surface area contributed by atoms with Crippen molar-refractivity contribution in [2.24, 2.45) is 11.5 Å². The molecule has 19 nitrogen and oxygen atoms in total. The van der Waals surface area contributed by atoms with Crippen LogP contribution in [0.5, 0.6) is 11.5 Å². The van der Waals surface area contributed by atoms with Gasteiger partial charge >= 0.3 is 12.2 Å². The second-order valence-electron chi connectivity index (χ2n) is 16.5. The number of hydrogen-bond donors (Lipinski definition) is 5. The third kappa shape index (κ3) is 9.89. The van der Waals surface area contributed by atoms with Crippen LogP contribution >= 0.6 is 0 Å². The molecule has 4 aromatic rings. The van der Waals surface area contributed by atoms with Gasteiger partial charge in [0.15, 0.2) is 0 Å². The minimum atomic E-state index is -3.67. The summed E-state index contributed by atoms with van der Waals surface area (Å²) in [7, 11) is -3.67. The van der Waals surface area contributed by atoms with E-state index in [0.717, 1.165) is 59.3 Å². The highest BCUT2D eigenvalue weighted by Gasteiger charge is 2.48. The summed E-state index contributed by atoms with van der Waals surface area (Å²) in [6, 6.07) is 18.8. The number of cyclic esters (lactones) is 2. The second-order valence-corrected chi connectivity index (χ2v) is 18.0. The maximum Gasteiger partial charge on any atom is 0.415 e. The minimum Gasteiger partial charge on any atom is -0.489 e. The zero-order chi connectivity index (χ0) is 44.8. The molecule has 7 N–H and O–H groups in total. The number of hydrogen-bond acceptors (Lipinski definition) is 14. The summed E-state index contributed by atoms with van der Waals surface area (Å²) in [5.74, 6) is 0.918. The molecule has 2 aliphatic carbocycles. The van der Waals surface area contributed by atoms with E-state index in [2.05, 4.69) is 20.6 Å². The average Bonchev–Trinajstić information content (AvgIpc) is 4.14. The topological polar surface area (TPSA) is 268 Å². The average molecular weight is 901 g/mol. The van der Waals surface area contributed by atoms with Gasteiger partial charge in [0.2, 0.25) is 11.8 Å². The fourth-order valence-corrected chi connectivity index (χ4v) is 7.76. The molecule has 4 amide bonds. The first-order valence-corrected chi connectivity index (χ1v) is 22.2. The number of ether oxygens (including phenoxy) is 4. The molecule has 340 valence electrons. The molecule has 0 spiro atoms. The van der Waals surface area contributed by atoms with Crippen molar-refractivity contribution in [2.45, 2.75) is 82.3 Å². The number of nitrogens with zero attached hydrogens (tertiary/aromatic N) is 4. The Morgan fingerprint density at radius 3 is 1.38 bits per heavy atom. The fourth-order valence-electron chi connectivity index (χ4n) is 7.76. The molecule has 4 aliphatic heterocycles. The van der Waals surface area contributed by atoms with E-state index in [1.807, 2.05) is 73.1 Å². The van der Waals surface area contributed by atoms with Crippen molar-refractivity contribution in [1.29, 1.82) is 0 Å². The lowest BCUT2D eigenvalue weighted by atomic mass is 10.0. The molecule has 20 heteroatoms. The highest BCUT2D eigenvalue weighted by atomic mass is 32.2. The third-order valence-corrected chi connectivity index (χ3v) is 11.6. The molecule has 2 saturated heterocycles. The van der Waals surface area contributed by atoms with Gasteiger partial charge in [0.1, 0.15) is 49.0 Å². The Hall–Kier alpha value is -6.35. The van der Waals surface area contributed by atoms with Crippen molar-refractivity contribution in [1.82, 2.24) is 20.6 Å². The van der Waals surface area contributed by atoms with Gasteiger partial charge in [-0.15, -0.1) is 0 Å². The van der Waals surface area contributed by atoms with Crippen LogP contribution in [-0.2, 0) is 40.3 Å². The summed E-state index contributed by atoms with van der Waals surface area (Å²) in [6.45, 7) is 4.00. The van der Waals surface area contributed by atoms with Gasteiger partial charge in [-0.25, -0.2) is 9.59 Å². The van der Waals surface area contributed by atoms with Crippen molar-refractivity contribution < 1.29 is 51.1 Å². The highest BCUT2D eigenvalue weighted by Crippen LogP contribution is 2.45. The Kier molecular flexibility index (Phi) is 12.6. The Labute approximate surface area is 370 Å². The first-order valence-electron chi connectivity index (χ1n) is 20.4. The van der Waals surface area contributed by atoms with E-state index in [-0.39, 0.29) is 55.5 Å². The molecular weight excluding hydrogens is 849 g/mol. The van der Waals surface area contributed by atoms with Crippen LogP contribution in [0, 0.1) is 0 Å². The molecule has 0 unspecified atom stereocenters. The molecule has 4 fully saturated rings. The van der Waals surface area contributed by atoms with Gasteiger partial charge in [-0.1, -0.05) is 31.7 Å². The van der Waals surface area contributed by atoms with Gasteiger partial charge in [-0.3, -0.25) is 33.9 Å². The zero-order valence-corrected chi connectivity index (χ0v) is 35.6. The molecule has 0 radical (unpaired) electrons. The molecule has 2 saturated carbocycles. The van der Waals surface area contributed by atoms with E-state index < -0.39 is 34.5 Å². The lowest BCUT2D eigenvalue weighted by Crippen LogP contribution is -2.47. The van der Waals surface area contributed by atoms with E-state index in [4.69, 9.17) is 35.0 Å². The van der Waals surface area contributed by atoms with Crippen molar-refractivity contribution in [3.63, 3.8) is 0 Å². The van der Waals surface area contributed by atoms with Crippen LogP contribution in [0.1, 0.15) is 58.3 Å². The van der Waals surface area contributed by atoms with E-state index in [0.29, 0.717) is 42.3 Å². The Balaban J connectivity index is 0.000000171. The Morgan fingerprint density at radius 1 is 0.703 bits per heavy atom. The maximum atomic E-state index is 12.4. The number of anilines is 2. The first kappa shape index (κ1) is 45.7. The lowest BCUT2D eigenvalue weighted by Gasteiger charge is -2.31. The molecule has 2 aromatic heterocycles. The standard InChI is InChI=1S/2C21H22N4O4.CH4O3S.CH4/c2*1-12(26)23-10-18-16-11-28-17-8-13(2-4-15(17)25(16)20(27)29-18)14-3-5-19(24-9-14)21(22)6-7-21;1-5(2,3)4;/h2*2-5,8-9,16,18H,6-7,10-11,22H2,1H3,(H,23,26);1H3,(H,2,3,4);1H4/t2*16-,18-;;/m00../s1. The maximum absolute atomic E-state index is 12.4. The third-order valence-electron chi connectivity index (χ3n) is 11.6. The number of nitrogens with two attached hydrogens (primary N) is 2. The number of fused-ring (bicyclic) bond motifs is 6. The lowest BCUT2D eigenvalue weighted by molar-refractivity contribution is -0.120. The Bertz CT molecular complexity index is 2380. The number of pyridine rings is 2. The number of aromatic nitrogens is 2. The van der Waals surface area contributed by atoms with Gasteiger partial charge in [0.25, 0.3) is 10.1 Å².